The number of rotatable bonds is 3. The molecule has 0 aliphatic heterocycles. The molecule has 2 aromatic carbocycles. The number of hydrogen-bond donors (Lipinski definition) is 0. The van der Waals surface area contributed by atoms with Crippen LogP contribution >= 0.6 is 15.9 Å². The normalized spacial score (nSPS) is 10.7. The molecule has 0 saturated heterocycles. The van der Waals surface area contributed by atoms with Crippen molar-refractivity contribution >= 4 is 26.0 Å². The summed E-state index contributed by atoms with van der Waals surface area (Å²) in [4.78, 5) is 0.0228. The molecule has 4 nitrogen and oxygen atoms in total. The molecule has 0 amide bonds. The second kappa shape index (κ2) is 5.43. The van der Waals surface area contributed by atoms with Crippen LogP contribution in [0.5, 0.6) is 5.75 Å². The third kappa shape index (κ3) is 3.13. The van der Waals surface area contributed by atoms with E-state index in [1.165, 1.54) is 24.3 Å². The highest BCUT2D eigenvalue weighted by Crippen LogP contribution is 2.23. The molecule has 0 radical (unpaired) electrons. The zero-order chi connectivity index (χ0) is 13.9. The quantitative estimate of drug-likeness (QED) is 0.807. The summed E-state index contributed by atoms with van der Waals surface area (Å²) in [6.07, 6.45) is 0. The minimum atomic E-state index is -3.95. The molecule has 0 aliphatic carbocycles. The first-order valence-electron chi connectivity index (χ1n) is 5.22. The van der Waals surface area contributed by atoms with Crippen molar-refractivity contribution in [2.24, 2.45) is 0 Å². The molecule has 0 unspecified atom stereocenters. The predicted molar refractivity (Wildman–Crippen MR) is 73.1 cm³/mol. The maximum Gasteiger partial charge on any atom is 0.339 e. The lowest BCUT2D eigenvalue weighted by Crippen LogP contribution is -2.10. The largest absolute Gasteiger partial charge is 0.378 e. The molecule has 19 heavy (non-hydrogen) atoms. The lowest BCUT2D eigenvalue weighted by Gasteiger charge is -2.08. The first kappa shape index (κ1) is 13.6. The van der Waals surface area contributed by atoms with Gasteiger partial charge in [0.1, 0.15) is 11.0 Å². The first-order chi connectivity index (χ1) is 9.03. The van der Waals surface area contributed by atoms with Gasteiger partial charge in [-0.15, -0.1) is 0 Å². The number of hydrogen-bond acceptors (Lipinski definition) is 4. The summed E-state index contributed by atoms with van der Waals surface area (Å²) >= 11 is 3.20. The van der Waals surface area contributed by atoms with E-state index in [-0.39, 0.29) is 16.2 Å². The Kier molecular flexibility index (Phi) is 3.88. The summed E-state index contributed by atoms with van der Waals surface area (Å²) in [5.74, 6) is 0.0185. The van der Waals surface area contributed by atoms with Crippen molar-refractivity contribution in [3.63, 3.8) is 0 Å². The van der Waals surface area contributed by atoms with Crippen LogP contribution in [0.4, 0.5) is 0 Å². The van der Waals surface area contributed by atoms with E-state index in [9.17, 15) is 8.42 Å². The molecule has 96 valence electrons. The van der Waals surface area contributed by atoms with Crippen molar-refractivity contribution in [2.75, 3.05) is 0 Å². The van der Waals surface area contributed by atoms with Gasteiger partial charge in [0, 0.05) is 4.47 Å². The van der Waals surface area contributed by atoms with Gasteiger partial charge in [-0.3, -0.25) is 0 Å². The van der Waals surface area contributed by atoms with Gasteiger partial charge in [-0.2, -0.15) is 13.7 Å². The molecule has 0 N–H and O–H groups in total. The molecule has 0 aromatic heterocycles. The summed E-state index contributed by atoms with van der Waals surface area (Å²) in [5, 5.41) is 8.90. The Hall–Kier alpha value is -1.84. The van der Waals surface area contributed by atoms with Crippen LogP contribution in [0.1, 0.15) is 5.56 Å². The molecule has 0 bridgehead atoms. The molecule has 0 saturated carbocycles. The van der Waals surface area contributed by atoms with Gasteiger partial charge < -0.3 is 4.18 Å². The van der Waals surface area contributed by atoms with Crippen LogP contribution in [0.15, 0.2) is 57.9 Å². The van der Waals surface area contributed by atoms with E-state index in [4.69, 9.17) is 9.44 Å². The molecule has 2 aromatic rings. The van der Waals surface area contributed by atoms with E-state index in [2.05, 4.69) is 15.9 Å². The summed E-state index contributed by atoms with van der Waals surface area (Å²) in [7, 11) is -3.95. The van der Waals surface area contributed by atoms with Crippen molar-refractivity contribution in [1.29, 1.82) is 5.26 Å². The minimum Gasteiger partial charge on any atom is -0.378 e. The fraction of sp³-hybridized carbons (Fsp3) is 0. The van der Waals surface area contributed by atoms with E-state index in [0.717, 1.165) is 0 Å². The Morgan fingerprint density at radius 1 is 1.11 bits per heavy atom. The van der Waals surface area contributed by atoms with Gasteiger partial charge in [-0.05, 0) is 30.3 Å². The van der Waals surface area contributed by atoms with Crippen LogP contribution < -0.4 is 4.18 Å². The average Bonchev–Trinajstić information content (AvgIpc) is 2.39. The number of para-hydroxylation sites is 1. The Morgan fingerprint density at radius 2 is 1.84 bits per heavy atom. The van der Waals surface area contributed by atoms with Crippen molar-refractivity contribution in [2.45, 2.75) is 4.90 Å². The number of halogens is 1. The predicted octanol–water partition coefficient (Wildman–Crippen LogP) is 3.09. The Morgan fingerprint density at radius 3 is 2.53 bits per heavy atom. The zero-order valence-corrected chi connectivity index (χ0v) is 12.0. The molecule has 0 aliphatic rings. The van der Waals surface area contributed by atoms with Gasteiger partial charge in [0.05, 0.1) is 5.56 Å². The van der Waals surface area contributed by atoms with Crippen LogP contribution in [-0.2, 0) is 10.1 Å². The summed E-state index contributed by atoms with van der Waals surface area (Å²) in [6, 6.07) is 14.2. The van der Waals surface area contributed by atoms with E-state index in [1.807, 2.05) is 6.07 Å². The van der Waals surface area contributed by atoms with Gasteiger partial charge in [-0.25, -0.2) is 0 Å². The Balaban J connectivity index is 2.40. The fourth-order valence-electron chi connectivity index (χ4n) is 1.42. The molecule has 0 heterocycles. The molecular weight excluding hydrogens is 330 g/mol. The highest BCUT2D eigenvalue weighted by molar-refractivity contribution is 9.10. The number of nitriles is 1. The third-order valence-electron chi connectivity index (χ3n) is 2.29. The molecular formula is C13H8BrNO3S. The van der Waals surface area contributed by atoms with Crippen molar-refractivity contribution < 1.29 is 12.6 Å². The van der Waals surface area contributed by atoms with Crippen molar-refractivity contribution in [3.8, 4) is 11.8 Å². The van der Waals surface area contributed by atoms with Crippen molar-refractivity contribution in [3.05, 3.63) is 58.6 Å². The molecule has 6 heteroatoms. The smallest absolute Gasteiger partial charge is 0.339 e. The number of nitrogens with zero attached hydrogens (tertiary/aromatic N) is 1. The second-order valence-corrected chi connectivity index (χ2v) is 6.06. The monoisotopic (exact) mass is 337 g/mol. The maximum absolute atomic E-state index is 12.1. The third-order valence-corrected chi connectivity index (χ3v) is 4.02. The highest BCUT2D eigenvalue weighted by Gasteiger charge is 2.18. The molecule has 0 fully saturated rings. The molecule has 0 spiro atoms. The van der Waals surface area contributed by atoms with Gasteiger partial charge in [0.15, 0.2) is 5.75 Å². The number of benzene rings is 2. The lowest BCUT2D eigenvalue weighted by molar-refractivity contribution is 0.485. The Labute approximate surface area is 119 Å². The van der Waals surface area contributed by atoms with Crippen LogP contribution in [-0.4, -0.2) is 8.42 Å². The van der Waals surface area contributed by atoms with Crippen LogP contribution in [0, 0.1) is 11.3 Å². The standard InChI is InChI=1S/C13H8BrNO3S/c14-11-5-3-6-12(8-11)19(16,17)18-13-7-2-1-4-10(13)9-15/h1-8H. The summed E-state index contributed by atoms with van der Waals surface area (Å²) < 4.78 is 29.8. The first-order valence-corrected chi connectivity index (χ1v) is 7.42. The van der Waals surface area contributed by atoms with Crippen LogP contribution in [0.25, 0.3) is 0 Å². The minimum absolute atomic E-state index is 0.0185. The van der Waals surface area contributed by atoms with E-state index < -0.39 is 10.1 Å². The van der Waals surface area contributed by atoms with Gasteiger partial charge in [0.2, 0.25) is 0 Å². The van der Waals surface area contributed by atoms with Gasteiger partial charge in [-0.1, -0.05) is 34.1 Å². The second-order valence-electron chi connectivity index (χ2n) is 3.60. The average molecular weight is 338 g/mol. The fourth-order valence-corrected chi connectivity index (χ4v) is 2.97. The topological polar surface area (TPSA) is 67.2 Å². The highest BCUT2D eigenvalue weighted by atomic mass is 79.9. The maximum atomic E-state index is 12.1. The van der Waals surface area contributed by atoms with Gasteiger partial charge in [0.25, 0.3) is 0 Å². The summed E-state index contributed by atoms with van der Waals surface area (Å²) in [6.45, 7) is 0. The zero-order valence-electron chi connectivity index (χ0n) is 9.58. The van der Waals surface area contributed by atoms with E-state index >= 15 is 0 Å². The van der Waals surface area contributed by atoms with Crippen molar-refractivity contribution in [1.82, 2.24) is 0 Å². The van der Waals surface area contributed by atoms with E-state index in [1.54, 1.807) is 24.3 Å². The van der Waals surface area contributed by atoms with E-state index in [0.29, 0.717) is 4.47 Å². The molecule has 2 rings (SSSR count). The Bertz CT molecular complexity index is 750. The van der Waals surface area contributed by atoms with Gasteiger partial charge >= 0.3 is 10.1 Å². The van der Waals surface area contributed by atoms with Crippen LogP contribution in [0.3, 0.4) is 0 Å². The summed E-state index contributed by atoms with van der Waals surface area (Å²) in [5.41, 5.74) is 0.168. The lowest BCUT2D eigenvalue weighted by atomic mass is 10.2. The van der Waals surface area contributed by atoms with Crippen LogP contribution in [0.2, 0.25) is 0 Å². The molecule has 0 atom stereocenters. The SMILES string of the molecule is N#Cc1ccccc1OS(=O)(=O)c1cccc(Br)c1.